The summed E-state index contributed by atoms with van der Waals surface area (Å²) in [5, 5.41) is 3.45. The summed E-state index contributed by atoms with van der Waals surface area (Å²) in [5.74, 6) is 0.846. The molecule has 3 nitrogen and oxygen atoms in total. The maximum absolute atomic E-state index is 5.45. The van der Waals surface area contributed by atoms with Crippen molar-refractivity contribution in [1.29, 1.82) is 0 Å². The fourth-order valence-electron chi connectivity index (χ4n) is 1.87. The van der Waals surface area contributed by atoms with Crippen molar-refractivity contribution in [3.05, 3.63) is 0 Å². The van der Waals surface area contributed by atoms with Gasteiger partial charge in [-0.05, 0) is 46.3 Å². The molecule has 1 atom stereocenters. The number of nitrogens with one attached hydrogen (secondary N) is 1. The fraction of sp³-hybridized carbons (Fsp3) is 1.00. The number of hydrogen-bond donors (Lipinski definition) is 1. The second-order valence-electron chi connectivity index (χ2n) is 4.54. The number of rotatable bonds is 6. The third kappa shape index (κ3) is 4.94. The molecule has 1 fully saturated rings. The molecule has 0 spiro atoms. The fourth-order valence-corrected chi connectivity index (χ4v) is 1.87. The first kappa shape index (κ1) is 12.0. The standard InChI is InChI=1S/C11H24N2O/c1-10(2)14-7-5-12-8-11-4-6-13(3)9-11/h10-12H,4-9H2,1-3H3. The Morgan fingerprint density at radius 2 is 2.29 bits per heavy atom. The molecule has 14 heavy (non-hydrogen) atoms. The second kappa shape index (κ2) is 6.38. The van der Waals surface area contributed by atoms with Crippen LogP contribution in [0, 0.1) is 5.92 Å². The highest BCUT2D eigenvalue weighted by Crippen LogP contribution is 2.12. The smallest absolute Gasteiger partial charge is 0.0594 e. The van der Waals surface area contributed by atoms with Crippen molar-refractivity contribution in [3.63, 3.8) is 0 Å². The van der Waals surface area contributed by atoms with E-state index in [9.17, 15) is 0 Å². The van der Waals surface area contributed by atoms with E-state index in [4.69, 9.17) is 4.74 Å². The largest absolute Gasteiger partial charge is 0.377 e. The van der Waals surface area contributed by atoms with Crippen molar-refractivity contribution in [2.24, 2.45) is 5.92 Å². The Kier molecular flexibility index (Phi) is 5.45. The Labute approximate surface area is 87.8 Å². The summed E-state index contributed by atoms with van der Waals surface area (Å²) in [7, 11) is 2.20. The van der Waals surface area contributed by atoms with E-state index in [1.54, 1.807) is 0 Å². The van der Waals surface area contributed by atoms with Crippen LogP contribution in [0.3, 0.4) is 0 Å². The quantitative estimate of drug-likeness (QED) is 0.646. The zero-order valence-electron chi connectivity index (χ0n) is 9.75. The molecule has 0 aliphatic carbocycles. The molecule has 0 aromatic rings. The lowest BCUT2D eigenvalue weighted by Gasteiger charge is -2.12. The van der Waals surface area contributed by atoms with E-state index < -0.39 is 0 Å². The van der Waals surface area contributed by atoms with Crippen LogP contribution in [-0.2, 0) is 4.74 Å². The first-order valence-electron chi connectivity index (χ1n) is 5.69. The van der Waals surface area contributed by atoms with Gasteiger partial charge in [0.25, 0.3) is 0 Å². The number of nitrogens with zero attached hydrogens (tertiary/aromatic N) is 1. The molecule has 0 aromatic heterocycles. The van der Waals surface area contributed by atoms with Crippen LogP contribution in [0.15, 0.2) is 0 Å². The van der Waals surface area contributed by atoms with Crippen LogP contribution in [0.2, 0.25) is 0 Å². The molecule has 3 heteroatoms. The molecular weight excluding hydrogens is 176 g/mol. The van der Waals surface area contributed by atoms with Gasteiger partial charge in [-0.2, -0.15) is 0 Å². The summed E-state index contributed by atoms with van der Waals surface area (Å²) in [4.78, 5) is 2.40. The van der Waals surface area contributed by atoms with Crippen molar-refractivity contribution in [1.82, 2.24) is 10.2 Å². The molecule has 84 valence electrons. The number of likely N-dealkylation sites (tertiary alicyclic amines) is 1. The van der Waals surface area contributed by atoms with Gasteiger partial charge >= 0.3 is 0 Å². The van der Waals surface area contributed by atoms with Crippen LogP contribution in [-0.4, -0.2) is 50.8 Å². The van der Waals surface area contributed by atoms with Crippen LogP contribution in [0.4, 0.5) is 0 Å². The highest BCUT2D eigenvalue weighted by Gasteiger charge is 2.18. The SMILES string of the molecule is CC(C)OCCNCC1CCN(C)C1. The topological polar surface area (TPSA) is 24.5 Å². The molecule has 1 rings (SSSR count). The Bertz CT molecular complexity index is 150. The lowest BCUT2D eigenvalue weighted by Crippen LogP contribution is -2.28. The average Bonchev–Trinajstić information content (AvgIpc) is 2.50. The third-order valence-electron chi connectivity index (χ3n) is 2.65. The normalized spacial score (nSPS) is 23.6. The van der Waals surface area contributed by atoms with Gasteiger partial charge in [0.05, 0.1) is 12.7 Å². The maximum atomic E-state index is 5.45. The molecule has 1 N–H and O–H groups in total. The Morgan fingerprint density at radius 1 is 1.50 bits per heavy atom. The van der Waals surface area contributed by atoms with E-state index in [0.717, 1.165) is 25.6 Å². The van der Waals surface area contributed by atoms with Gasteiger partial charge in [0.1, 0.15) is 0 Å². The first-order chi connectivity index (χ1) is 6.68. The molecule has 0 saturated carbocycles. The Hall–Kier alpha value is -0.120. The minimum absolute atomic E-state index is 0.356. The zero-order valence-corrected chi connectivity index (χ0v) is 9.75. The molecule has 1 heterocycles. The summed E-state index contributed by atoms with van der Waals surface area (Å²) in [5.41, 5.74) is 0. The highest BCUT2D eigenvalue weighted by atomic mass is 16.5. The van der Waals surface area contributed by atoms with E-state index in [1.807, 2.05) is 0 Å². The Morgan fingerprint density at radius 3 is 2.86 bits per heavy atom. The number of ether oxygens (including phenoxy) is 1. The molecule has 0 radical (unpaired) electrons. The molecule has 0 amide bonds. The summed E-state index contributed by atoms with van der Waals surface area (Å²) >= 11 is 0. The van der Waals surface area contributed by atoms with E-state index in [0.29, 0.717) is 6.10 Å². The molecule has 0 aromatic carbocycles. The van der Waals surface area contributed by atoms with Crippen molar-refractivity contribution < 1.29 is 4.74 Å². The van der Waals surface area contributed by atoms with Crippen LogP contribution in [0.5, 0.6) is 0 Å². The lowest BCUT2D eigenvalue weighted by molar-refractivity contribution is 0.0804. The van der Waals surface area contributed by atoms with E-state index in [-0.39, 0.29) is 0 Å². The van der Waals surface area contributed by atoms with Crippen molar-refractivity contribution in [3.8, 4) is 0 Å². The third-order valence-corrected chi connectivity index (χ3v) is 2.65. The van der Waals surface area contributed by atoms with Crippen molar-refractivity contribution in [2.45, 2.75) is 26.4 Å². The molecule has 1 aliphatic heterocycles. The summed E-state index contributed by atoms with van der Waals surface area (Å²) in [6.45, 7) is 9.62. The van der Waals surface area contributed by atoms with Crippen LogP contribution in [0.25, 0.3) is 0 Å². The van der Waals surface area contributed by atoms with Crippen LogP contribution >= 0.6 is 0 Å². The van der Waals surface area contributed by atoms with E-state index in [2.05, 4.69) is 31.1 Å². The number of hydrogen-bond acceptors (Lipinski definition) is 3. The predicted molar refractivity (Wildman–Crippen MR) is 59.6 cm³/mol. The molecular formula is C11H24N2O. The maximum Gasteiger partial charge on any atom is 0.0594 e. The van der Waals surface area contributed by atoms with Gasteiger partial charge in [-0.3, -0.25) is 0 Å². The van der Waals surface area contributed by atoms with Gasteiger partial charge in [0.15, 0.2) is 0 Å². The first-order valence-corrected chi connectivity index (χ1v) is 5.69. The van der Waals surface area contributed by atoms with E-state index in [1.165, 1.54) is 19.5 Å². The van der Waals surface area contributed by atoms with Gasteiger partial charge in [0.2, 0.25) is 0 Å². The summed E-state index contributed by atoms with van der Waals surface area (Å²) in [6, 6.07) is 0. The minimum atomic E-state index is 0.356. The van der Waals surface area contributed by atoms with Crippen LogP contribution in [0.1, 0.15) is 20.3 Å². The minimum Gasteiger partial charge on any atom is -0.377 e. The zero-order chi connectivity index (χ0) is 10.4. The highest BCUT2D eigenvalue weighted by molar-refractivity contribution is 4.74. The monoisotopic (exact) mass is 200 g/mol. The Balaban J connectivity index is 1.89. The van der Waals surface area contributed by atoms with Gasteiger partial charge in [-0.25, -0.2) is 0 Å². The van der Waals surface area contributed by atoms with Gasteiger partial charge in [-0.1, -0.05) is 0 Å². The van der Waals surface area contributed by atoms with Gasteiger partial charge in [0, 0.05) is 13.1 Å². The summed E-state index contributed by atoms with van der Waals surface area (Å²) in [6.07, 6.45) is 1.70. The molecule has 0 bridgehead atoms. The van der Waals surface area contributed by atoms with E-state index >= 15 is 0 Å². The average molecular weight is 200 g/mol. The second-order valence-corrected chi connectivity index (χ2v) is 4.54. The van der Waals surface area contributed by atoms with Gasteiger partial charge in [-0.15, -0.1) is 0 Å². The van der Waals surface area contributed by atoms with Gasteiger partial charge < -0.3 is 15.0 Å². The molecule has 1 aliphatic rings. The summed E-state index contributed by atoms with van der Waals surface area (Å²) < 4.78 is 5.45. The van der Waals surface area contributed by atoms with Crippen LogP contribution < -0.4 is 5.32 Å². The molecule has 1 unspecified atom stereocenters. The molecule has 1 saturated heterocycles. The van der Waals surface area contributed by atoms with Crippen molar-refractivity contribution >= 4 is 0 Å². The van der Waals surface area contributed by atoms with Crippen molar-refractivity contribution in [2.75, 3.05) is 39.8 Å². The lowest BCUT2D eigenvalue weighted by atomic mass is 10.1. The predicted octanol–water partition coefficient (Wildman–Crippen LogP) is 0.953.